The minimum atomic E-state index is -0.172. The number of hydrogen-bond acceptors (Lipinski definition) is 6. The van der Waals surface area contributed by atoms with E-state index in [2.05, 4.69) is 81.6 Å². The number of piperazine rings is 1. The highest BCUT2D eigenvalue weighted by molar-refractivity contribution is 5.83. The molecule has 8 heteroatoms. The lowest BCUT2D eigenvalue weighted by Gasteiger charge is -2.47. The molecule has 8 nitrogen and oxygen atoms in total. The molecule has 3 N–H and O–H groups in total. The van der Waals surface area contributed by atoms with Gasteiger partial charge in [0.1, 0.15) is 6.17 Å². The summed E-state index contributed by atoms with van der Waals surface area (Å²) in [5.74, 6) is 0.241. The molecule has 1 aliphatic carbocycles. The smallest absolute Gasteiger partial charge is 0.226 e. The van der Waals surface area contributed by atoms with E-state index in [1.165, 1.54) is 11.3 Å². The number of hydrogen-bond donors (Lipinski definition) is 3. The van der Waals surface area contributed by atoms with Crippen molar-refractivity contribution in [3.05, 3.63) is 65.7 Å². The first kappa shape index (κ1) is 22.5. The fraction of sp³-hybridized carbons (Fsp3) is 0.481. The van der Waals surface area contributed by atoms with E-state index in [4.69, 9.17) is 0 Å². The van der Waals surface area contributed by atoms with Gasteiger partial charge >= 0.3 is 0 Å². The van der Waals surface area contributed by atoms with E-state index < -0.39 is 0 Å². The molecule has 35 heavy (non-hydrogen) atoms. The number of hydrazine groups is 2. The molecule has 3 aliphatic heterocycles. The first-order valence-corrected chi connectivity index (χ1v) is 12.8. The molecular formula is C27H34N6O2. The molecule has 0 bridgehead atoms. The number of benzene rings is 2. The van der Waals surface area contributed by atoms with Gasteiger partial charge in [-0.25, -0.2) is 10.4 Å². The summed E-state index contributed by atoms with van der Waals surface area (Å²) in [4.78, 5) is 31.0. The number of anilines is 1. The zero-order valence-electron chi connectivity index (χ0n) is 20.2. The number of nitrogens with one attached hydrogen (secondary N) is 3. The highest BCUT2D eigenvalue weighted by Crippen LogP contribution is 2.39. The van der Waals surface area contributed by atoms with Gasteiger partial charge in [-0.2, -0.15) is 5.53 Å². The van der Waals surface area contributed by atoms with Crippen LogP contribution in [-0.4, -0.2) is 60.1 Å². The van der Waals surface area contributed by atoms with Crippen LogP contribution >= 0.6 is 0 Å². The molecular weight excluding hydrogens is 440 g/mol. The third-order valence-electron chi connectivity index (χ3n) is 8.26. The Balaban J connectivity index is 1.12. The maximum Gasteiger partial charge on any atom is 0.226 e. The monoisotopic (exact) mass is 474 g/mol. The van der Waals surface area contributed by atoms with Gasteiger partial charge in [0.2, 0.25) is 11.8 Å². The summed E-state index contributed by atoms with van der Waals surface area (Å²) in [5.41, 5.74) is 10.3. The van der Waals surface area contributed by atoms with E-state index in [0.717, 1.165) is 44.6 Å². The Morgan fingerprint density at radius 2 is 1.69 bits per heavy atom. The molecule has 0 radical (unpaired) electrons. The zero-order valence-corrected chi connectivity index (χ0v) is 20.2. The molecule has 1 saturated carbocycles. The predicted octanol–water partition coefficient (Wildman–Crippen LogP) is 1.95. The molecule has 3 saturated heterocycles. The van der Waals surface area contributed by atoms with Gasteiger partial charge in [0.15, 0.2) is 0 Å². The van der Waals surface area contributed by atoms with Gasteiger partial charge in [0.25, 0.3) is 0 Å². The maximum atomic E-state index is 13.5. The molecule has 3 heterocycles. The van der Waals surface area contributed by atoms with Gasteiger partial charge in [-0.15, -0.1) is 0 Å². The Morgan fingerprint density at radius 1 is 0.943 bits per heavy atom. The van der Waals surface area contributed by atoms with Crippen LogP contribution in [0.15, 0.2) is 54.6 Å². The standard InChI is InChI=1S/C27H34N6O2/c1-18-7-9-19(10-8-18)24-25-28-26(34)22-12-11-20(17-23(22)33(25)30-29-24)27(35)32-15-13-31(14-16-32)21-5-3-2-4-6-21/h2-10,20,22-25,29-30H,11-17H2,1H3,(H,28,34). The van der Waals surface area contributed by atoms with Gasteiger partial charge in [-0.1, -0.05) is 48.0 Å². The summed E-state index contributed by atoms with van der Waals surface area (Å²) in [6, 6.07) is 18.8. The minimum absolute atomic E-state index is 0.00464. The van der Waals surface area contributed by atoms with Crippen molar-refractivity contribution in [2.75, 3.05) is 31.1 Å². The molecule has 5 unspecified atom stereocenters. The third-order valence-corrected chi connectivity index (χ3v) is 8.26. The molecule has 2 amide bonds. The van der Waals surface area contributed by atoms with E-state index in [1.54, 1.807) is 0 Å². The van der Waals surface area contributed by atoms with Crippen molar-refractivity contribution >= 4 is 17.5 Å². The van der Waals surface area contributed by atoms with Crippen LogP contribution in [0, 0.1) is 18.8 Å². The second-order valence-corrected chi connectivity index (χ2v) is 10.3. The molecule has 0 aromatic heterocycles. The average molecular weight is 475 g/mol. The fourth-order valence-electron chi connectivity index (χ4n) is 6.25. The van der Waals surface area contributed by atoms with E-state index in [1.807, 2.05) is 11.0 Å². The van der Waals surface area contributed by atoms with Crippen LogP contribution in [0.3, 0.4) is 0 Å². The number of aryl methyl sites for hydroxylation is 1. The number of amides is 2. The Morgan fingerprint density at radius 3 is 2.43 bits per heavy atom. The first-order chi connectivity index (χ1) is 17.1. The van der Waals surface area contributed by atoms with Crippen LogP contribution in [0.2, 0.25) is 0 Å². The SMILES string of the molecule is Cc1ccc(C2NNN3C4CC(C(=O)N5CCN(c6ccccc6)CC5)CCC4C(=O)NC23)cc1. The van der Waals surface area contributed by atoms with Crippen LogP contribution in [-0.2, 0) is 9.59 Å². The molecule has 4 aliphatic rings. The molecule has 2 aromatic carbocycles. The highest BCUT2D eigenvalue weighted by Gasteiger charge is 2.51. The van der Waals surface area contributed by atoms with Crippen molar-refractivity contribution in [2.24, 2.45) is 11.8 Å². The predicted molar refractivity (Wildman–Crippen MR) is 134 cm³/mol. The molecule has 0 spiro atoms. The van der Waals surface area contributed by atoms with Crippen molar-refractivity contribution < 1.29 is 9.59 Å². The van der Waals surface area contributed by atoms with E-state index in [0.29, 0.717) is 6.42 Å². The Labute approximate surface area is 206 Å². The lowest BCUT2D eigenvalue weighted by molar-refractivity contribution is -0.147. The van der Waals surface area contributed by atoms with Crippen LogP contribution in [0.4, 0.5) is 5.69 Å². The Bertz CT molecular complexity index is 1070. The number of carbonyl (C=O) groups is 2. The lowest BCUT2D eigenvalue weighted by atomic mass is 9.75. The number of carbonyl (C=O) groups excluding carboxylic acids is 2. The molecule has 4 fully saturated rings. The topological polar surface area (TPSA) is 80.0 Å². The lowest BCUT2D eigenvalue weighted by Crippen LogP contribution is -2.66. The second kappa shape index (κ2) is 9.26. The quantitative estimate of drug-likeness (QED) is 0.631. The molecule has 6 rings (SSSR count). The molecule has 184 valence electrons. The van der Waals surface area contributed by atoms with E-state index in [9.17, 15) is 9.59 Å². The summed E-state index contributed by atoms with van der Waals surface area (Å²) in [6.07, 6.45) is 2.06. The van der Waals surface area contributed by atoms with Crippen LogP contribution in [0.25, 0.3) is 0 Å². The van der Waals surface area contributed by atoms with Gasteiger partial charge in [0, 0.05) is 43.8 Å². The summed E-state index contributed by atoms with van der Waals surface area (Å²) in [7, 11) is 0. The fourth-order valence-corrected chi connectivity index (χ4v) is 6.25. The van der Waals surface area contributed by atoms with Crippen molar-refractivity contribution in [3.8, 4) is 0 Å². The number of fused-ring (bicyclic) bond motifs is 3. The number of para-hydroxylation sites is 1. The van der Waals surface area contributed by atoms with Crippen LogP contribution < -0.4 is 21.2 Å². The third kappa shape index (κ3) is 4.20. The van der Waals surface area contributed by atoms with Crippen molar-refractivity contribution in [1.82, 2.24) is 26.2 Å². The molecule has 2 aromatic rings. The van der Waals surface area contributed by atoms with E-state index >= 15 is 0 Å². The zero-order chi connectivity index (χ0) is 23.9. The van der Waals surface area contributed by atoms with Crippen LogP contribution in [0.5, 0.6) is 0 Å². The van der Waals surface area contributed by atoms with E-state index in [-0.39, 0.29) is 41.9 Å². The highest BCUT2D eigenvalue weighted by atomic mass is 16.2. The summed E-state index contributed by atoms with van der Waals surface area (Å²) in [5, 5.41) is 5.39. The van der Waals surface area contributed by atoms with Crippen molar-refractivity contribution in [1.29, 1.82) is 0 Å². The Hall–Kier alpha value is -2.94. The van der Waals surface area contributed by atoms with Gasteiger partial charge in [-0.3, -0.25) is 9.59 Å². The summed E-state index contributed by atoms with van der Waals surface area (Å²) in [6.45, 7) is 5.29. The van der Waals surface area contributed by atoms with Crippen molar-refractivity contribution in [3.63, 3.8) is 0 Å². The Kier molecular flexibility index (Phi) is 5.96. The average Bonchev–Trinajstić information content (AvgIpc) is 3.33. The maximum absolute atomic E-state index is 13.5. The number of nitrogens with zero attached hydrogens (tertiary/aromatic N) is 3. The second-order valence-electron chi connectivity index (χ2n) is 10.3. The van der Waals surface area contributed by atoms with Crippen molar-refractivity contribution in [2.45, 2.75) is 44.4 Å². The largest absolute Gasteiger partial charge is 0.368 e. The summed E-state index contributed by atoms with van der Waals surface area (Å²) >= 11 is 0. The number of rotatable bonds is 3. The first-order valence-electron chi connectivity index (χ1n) is 12.8. The van der Waals surface area contributed by atoms with Gasteiger partial charge < -0.3 is 15.1 Å². The van der Waals surface area contributed by atoms with Gasteiger partial charge in [-0.05, 0) is 43.9 Å². The van der Waals surface area contributed by atoms with Crippen LogP contribution in [0.1, 0.15) is 36.4 Å². The molecule has 5 atom stereocenters. The summed E-state index contributed by atoms with van der Waals surface area (Å²) < 4.78 is 0. The normalized spacial score (nSPS) is 31.0. The van der Waals surface area contributed by atoms with Gasteiger partial charge in [0.05, 0.1) is 12.0 Å². The minimum Gasteiger partial charge on any atom is -0.368 e.